The molecule has 0 radical (unpaired) electrons. The van der Waals surface area contributed by atoms with Crippen LogP contribution in [-0.2, 0) is 19.1 Å². The van der Waals surface area contributed by atoms with Crippen LogP contribution in [0.5, 0.6) is 0 Å². The summed E-state index contributed by atoms with van der Waals surface area (Å²) < 4.78 is 44.4. The van der Waals surface area contributed by atoms with Crippen molar-refractivity contribution in [1.82, 2.24) is 5.32 Å². The molecule has 0 saturated heterocycles. The van der Waals surface area contributed by atoms with E-state index in [1.165, 1.54) is 7.11 Å². The molecule has 0 aromatic rings. The van der Waals surface area contributed by atoms with Crippen molar-refractivity contribution in [3.63, 3.8) is 0 Å². The molecular weight excluding hydrogens is 243 g/mol. The summed E-state index contributed by atoms with van der Waals surface area (Å²) >= 11 is 0. The summed E-state index contributed by atoms with van der Waals surface area (Å²) in [5.74, 6) is -2.60. The third-order valence-electron chi connectivity index (χ3n) is 1.66. The zero-order valence-electron chi connectivity index (χ0n) is 9.21. The van der Waals surface area contributed by atoms with Crippen molar-refractivity contribution >= 4 is 11.8 Å². The van der Waals surface area contributed by atoms with Crippen LogP contribution >= 0.6 is 0 Å². The first-order valence-electron chi connectivity index (χ1n) is 4.44. The standard InChI is InChI=1S/C9H12F3NO4/c1-16-7(5-8(15)17-2)13-4-3-6(14)9(10,11)12/h3-4,7,13H,5H2,1-2H3/b4-3+/t7-/m0/s1. The number of rotatable bonds is 6. The minimum atomic E-state index is -4.91. The fourth-order valence-corrected chi connectivity index (χ4v) is 0.771. The number of halogens is 3. The summed E-state index contributed by atoms with van der Waals surface area (Å²) in [6.07, 6.45) is -4.89. The molecule has 0 heterocycles. The van der Waals surface area contributed by atoms with Crippen LogP contribution in [0.15, 0.2) is 12.3 Å². The molecule has 0 rings (SSSR count). The molecule has 0 aromatic carbocycles. The molecule has 0 amide bonds. The van der Waals surface area contributed by atoms with Gasteiger partial charge in [-0.3, -0.25) is 9.59 Å². The van der Waals surface area contributed by atoms with Crippen molar-refractivity contribution in [2.45, 2.75) is 18.8 Å². The molecule has 0 saturated carbocycles. The van der Waals surface area contributed by atoms with Gasteiger partial charge in [0.05, 0.1) is 13.5 Å². The Bertz CT molecular complexity index is 301. The number of nitrogens with one attached hydrogen (secondary N) is 1. The van der Waals surface area contributed by atoms with Gasteiger partial charge in [0.25, 0.3) is 5.78 Å². The molecule has 0 fully saturated rings. The fraction of sp³-hybridized carbons (Fsp3) is 0.556. The third kappa shape index (κ3) is 6.56. The van der Waals surface area contributed by atoms with Crippen molar-refractivity contribution in [3.8, 4) is 0 Å². The lowest BCUT2D eigenvalue weighted by atomic mass is 10.3. The summed E-state index contributed by atoms with van der Waals surface area (Å²) in [6, 6.07) is 0. The summed E-state index contributed by atoms with van der Waals surface area (Å²) in [4.78, 5) is 21.3. The van der Waals surface area contributed by atoms with Crippen LogP contribution in [-0.4, -0.2) is 38.4 Å². The molecule has 17 heavy (non-hydrogen) atoms. The maximum atomic E-state index is 11.8. The Hall–Kier alpha value is -1.57. The molecule has 1 N–H and O–H groups in total. The molecule has 0 aliphatic carbocycles. The van der Waals surface area contributed by atoms with Gasteiger partial charge < -0.3 is 14.8 Å². The molecule has 0 unspecified atom stereocenters. The molecule has 0 aliphatic rings. The van der Waals surface area contributed by atoms with Crippen LogP contribution < -0.4 is 5.32 Å². The number of allylic oxidation sites excluding steroid dienone is 1. The number of carbonyl (C=O) groups is 2. The van der Waals surface area contributed by atoms with Crippen molar-refractivity contribution in [1.29, 1.82) is 0 Å². The monoisotopic (exact) mass is 255 g/mol. The van der Waals surface area contributed by atoms with Crippen molar-refractivity contribution in [2.24, 2.45) is 0 Å². The number of carbonyl (C=O) groups excluding carboxylic acids is 2. The van der Waals surface area contributed by atoms with E-state index in [2.05, 4.69) is 10.1 Å². The average molecular weight is 255 g/mol. The predicted molar refractivity (Wildman–Crippen MR) is 50.8 cm³/mol. The van der Waals surface area contributed by atoms with E-state index < -0.39 is 24.2 Å². The van der Waals surface area contributed by atoms with Crippen LogP contribution in [0.3, 0.4) is 0 Å². The molecule has 0 aromatic heterocycles. The summed E-state index contributed by atoms with van der Waals surface area (Å²) in [5.41, 5.74) is 0. The maximum absolute atomic E-state index is 11.8. The number of ketones is 1. The van der Waals surface area contributed by atoms with Crippen LogP contribution in [0.25, 0.3) is 0 Å². The second kappa shape index (κ2) is 6.89. The first-order chi connectivity index (χ1) is 7.81. The van der Waals surface area contributed by atoms with Gasteiger partial charge in [0.15, 0.2) is 0 Å². The van der Waals surface area contributed by atoms with E-state index in [0.717, 1.165) is 13.3 Å². The quantitative estimate of drug-likeness (QED) is 0.431. The van der Waals surface area contributed by atoms with E-state index in [1.807, 2.05) is 0 Å². The summed E-state index contributed by atoms with van der Waals surface area (Å²) in [7, 11) is 2.41. The summed E-state index contributed by atoms with van der Waals surface area (Å²) in [6.45, 7) is 0. The van der Waals surface area contributed by atoms with Gasteiger partial charge in [-0.1, -0.05) is 0 Å². The van der Waals surface area contributed by atoms with E-state index in [4.69, 9.17) is 4.74 Å². The Morgan fingerprint density at radius 3 is 2.35 bits per heavy atom. The van der Waals surface area contributed by atoms with Gasteiger partial charge in [0.1, 0.15) is 6.23 Å². The number of esters is 1. The first kappa shape index (κ1) is 15.4. The molecule has 1 atom stereocenters. The number of ether oxygens (including phenoxy) is 2. The van der Waals surface area contributed by atoms with Gasteiger partial charge in [0.2, 0.25) is 0 Å². The highest BCUT2D eigenvalue weighted by molar-refractivity contribution is 5.94. The number of methoxy groups -OCH3 is 2. The van der Waals surface area contributed by atoms with Gasteiger partial charge in [-0.2, -0.15) is 13.2 Å². The Balaban J connectivity index is 4.19. The lowest BCUT2D eigenvalue weighted by Crippen LogP contribution is -2.30. The van der Waals surface area contributed by atoms with Gasteiger partial charge in [-0.05, 0) is 0 Å². The van der Waals surface area contributed by atoms with Gasteiger partial charge >= 0.3 is 12.1 Å². The number of alkyl halides is 3. The zero-order chi connectivity index (χ0) is 13.5. The average Bonchev–Trinajstić information content (AvgIpc) is 2.25. The highest BCUT2D eigenvalue weighted by Gasteiger charge is 2.36. The minimum Gasteiger partial charge on any atom is -0.469 e. The molecule has 98 valence electrons. The predicted octanol–water partition coefficient (Wildman–Crippen LogP) is 0.757. The van der Waals surface area contributed by atoms with Crippen LogP contribution in [0, 0.1) is 0 Å². The Kier molecular flexibility index (Phi) is 6.26. The molecule has 5 nitrogen and oxygen atoms in total. The molecular formula is C9H12F3NO4. The van der Waals surface area contributed by atoms with Gasteiger partial charge in [0, 0.05) is 19.4 Å². The van der Waals surface area contributed by atoms with E-state index in [9.17, 15) is 22.8 Å². The first-order valence-corrected chi connectivity index (χ1v) is 4.44. The molecule has 0 spiro atoms. The molecule has 0 aliphatic heterocycles. The Morgan fingerprint density at radius 1 is 1.35 bits per heavy atom. The van der Waals surface area contributed by atoms with Gasteiger partial charge in [-0.25, -0.2) is 0 Å². The molecule has 0 bridgehead atoms. The normalized spacial score (nSPS) is 13.5. The topological polar surface area (TPSA) is 64.6 Å². The largest absolute Gasteiger partial charge is 0.469 e. The highest BCUT2D eigenvalue weighted by Crippen LogP contribution is 2.16. The van der Waals surface area contributed by atoms with E-state index in [-0.39, 0.29) is 6.42 Å². The van der Waals surface area contributed by atoms with Crippen molar-refractivity contribution in [3.05, 3.63) is 12.3 Å². The minimum absolute atomic E-state index is 0.197. The third-order valence-corrected chi connectivity index (χ3v) is 1.66. The fourth-order valence-electron chi connectivity index (χ4n) is 0.771. The van der Waals surface area contributed by atoms with Gasteiger partial charge in [-0.15, -0.1) is 0 Å². The van der Waals surface area contributed by atoms with Crippen molar-refractivity contribution in [2.75, 3.05) is 14.2 Å². The van der Waals surface area contributed by atoms with Crippen LogP contribution in [0.4, 0.5) is 13.2 Å². The SMILES string of the molecule is COC(=O)C[C@@H](N/C=C/C(=O)C(F)(F)F)OC. The second-order valence-corrected chi connectivity index (χ2v) is 2.87. The van der Waals surface area contributed by atoms with Crippen LogP contribution in [0.2, 0.25) is 0 Å². The summed E-state index contributed by atoms with van der Waals surface area (Å²) in [5, 5.41) is 2.31. The Labute approximate surface area is 95.6 Å². The zero-order valence-corrected chi connectivity index (χ0v) is 9.21. The van der Waals surface area contributed by atoms with E-state index in [0.29, 0.717) is 6.08 Å². The van der Waals surface area contributed by atoms with E-state index in [1.54, 1.807) is 0 Å². The van der Waals surface area contributed by atoms with E-state index >= 15 is 0 Å². The Morgan fingerprint density at radius 2 is 1.94 bits per heavy atom. The smallest absolute Gasteiger partial charge is 0.454 e. The van der Waals surface area contributed by atoms with Crippen molar-refractivity contribution < 1.29 is 32.2 Å². The maximum Gasteiger partial charge on any atom is 0.454 e. The van der Waals surface area contributed by atoms with Crippen LogP contribution in [0.1, 0.15) is 6.42 Å². The number of hydrogen-bond acceptors (Lipinski definition) is 5. The lowest BCUT2D eigenvalue weighted by molar-refractivity contribution is -0.165. The lowest BCUT2D eigenvalue weighted by Gasteiger charge is -2.13. The molecule has 8 heteroatoms. The second-order valence-electron chi connectivity index (χ2n) is 2.87. The number of hydrogen-bond donors (Lipinski definition) is 1. The highest BCUT2D eigenvalue weighted by atomic mass is 19.4.